The molecule has 2 N–H and O–H groups in total. The molecule has 64 heavy (non-hydrogen) atoms. The monoisotopic (exact) mass is 928 g/mol. The van der Waals surface area contributed by atoms with E-state index in [0.717, 1.165) is 45.6 Å². The van der Waals surface area contributed by atoms with Crippen LogP contribution < -0.4 is 5.32 Å². The van der Waals surface area contributed by atoms with Crippen LogP contribution in [0.3, 0.4) is 0 Å². The van der Waals surface area contributed by atoms with Crippen molar-refractivity contribution in [3.63, 3.8) is 0 Å². The van der Waals surface area contributed by atoms with Gasteiger partial charge in [0.1, 0.15) is 0 Å². The molecule has 0 saturated carbocycles. The van der Waals surface area contributed by atoms with Gasteiger partial charge in [0.2, 0.25) is 0 Å². The van der Waals surface area contributed by atoms with E-state index in [1.807, 2.05) is 23.1 Å². The maximum atomic E-state index is 12.2. The molecule has 0 aromatic heterocycles. The minimum absolute atomic E-state index is 0.120. The van der Waals surface area contributed by atoms with Crippen molar-refractivity contribution in [3.8, 4) is 22.3 Å². The summed E-state index contributed by atoms with van der Waals surface area (Å²) in [7, 11) is -4.52. The number of halogens is 3. The maximum Gasteiger partial charge on any atom is 0.490 e. The second kappa shape index (κ2) is 23.9. The van der Waals surface area contributed by atoms with E-state index in [0.29, 0.717) is 13.1 Å². The third kappa shape index (κ3) is 15.9. The van der Waals surface area contributed by atoms with Crippen molar-refractivity contribution >= 4 is 48.7 Å². The number of nitrogens with one attached hydrogen (secondary N) is 1. The molecule has 2 aliphatic heterocycles. The van der Waals surface area contributed by atoms with Crippen LogP contribution in [0.25, 0.3) is 33.4 Å². The highest BCUT2D eigenvalue weighted by atomic mass is 32.2. The number of nitrogens with zero attached hydrogens (tertiary/aromatic N) is 1. The number of carboxylic acid groups (broad SMARTS) is 1. The molecule has 0 aliphatic carbocycles. The number of alkyl halides is 3. The molecule has 2 atom stereocenters. The van der Waals surface area contributed by atoms with Crippen LogP contribution in [0.15, 0.2) is 121 Å². The minimum atomic E-state index is -5.08. The summed E-state index contributed by atoms with van der Waals surface area (Å²) in [5, 5.41) is 9.41. The zero-order chi connectivity index (χ0) is 47.7. The number of hydrogen-bond donors (Lipinski definition) is 2. The number of sulfone groups is 2. The lowest BCUT2D eigenvalue weighted by atomic mass is 9.96. The Hall–Kier alpha value is -5.62. The Bertz CT molecular complexity index is 2440. The molecule has 346 valence electrons. The van der Waals surface area contributed by atoms with E-state index in [2.05, 4.69) is 113 Å². The van der Waals surface area contributed by atoms with E-state index >= 15 is 0 Å². The number of carbonyl (C=O) groups is 3. The van der Waals surface area contributed by atoms with Crippen molar-refractivity contribution in [3.05, 3.63) is 132 Å². The maximum absolute atomic E-state index is 12.2. The molecule has 12 nitrogen and oxygen atoms in total. The van der Waals surface area contributed by atoms with Gasteiger partial charge in [-0.1, -0.05) is 121 Å². The molecule has 2 unspecified atom stereocenters. The first kappa shape index (κ1) is 52.7. The summed E-state index contributed by atoms with van der Waals surface area (Å²) < 4.78 is 84.9. The topological polar surface area (TPSA) is 173 Å². The summed E-state index contributed by atoms with van der Waals surface area (Å²) in [5.41, 5.74) is 10.2. The van der Waals surface area contributed by atoms with Gasteiger partial charge in [0.15, 0.2) is 29.7 Å². The highest BCUT2D eigenvalue weighted by Crippen LogP contribution is 2.29. The van der Waals surface area contributed by atoms with Crippen LogP contribution in [0.5, 0.6) is 0 Å². The fourth-order valence-corrected chi connectivity index (χ4v) is 7.58. The molecule has 2 heterocycles. The van der Waals surface area contributed by atoms with Crippen LogP contribution in [-0.4, -0.2) is 120 Å². The number of carboxylic acids is 1. The van der Waals surface area contributed by atoms with E-state index in [1.165, 1.54) is 65.5 Å². The summed E-state index contributed by atoms with van der Waals surface area (Å²) in [6.45, 7) is 6.22. The number of methoxy groups -OCH3 is 2. The Labute approximate surface area is 373 Å². The van der Waals surface area contributed by atoms with Crippen molar-refractivity contribution in [2.24, 2.45) is 0 Å². The fourth-order valence-electron chi connectivity index (χ4n) is 6.33. The highest BCUT2D eigenvalue weighted by Gasteiger charge is 2.46. The number of hydrogen-bond acceptors (Lipinski definition) is 11. The van der Waals surface area contributed by atoms with Crippen LogP contribution in [0, 0.1) is 0 Å². The predicted molar refractivity (Wildman–Crippen MR) is 244 cm³/mol. The van der Waals surface area contributed by atoms with Crippen LogP contribution in [0.2, 0.25) is 0 Å². The van der Waals surface area contributed by atoms with Gasteiger partial charge in [0.05, 0.1) is 14.2 Å². The second-order valence-corrected chi connectivity index (χ2v) is 19.9. The molecule has 0 spiro atoms. The van der Waals surface area contributed by atoms with Gasteiger partial charge in [-0.15, -0.1) is 0 Å². The third-order valence-corrected chi connectivity index (χ3v) is 13.9. The average molecular weight is 929 g/mol. The first-order valence-electron chi connectivity index (χ1n) is 20.0. The summed E-state index contributed by atoms with van der Waals surface area (Å²) in [5.74, 6) is -4.19. The van der Waals surface area contributed by atoms with Gasteiger partial charge in [-0.2, -0.15) is 13.2 Å². The second-order valence-electron chi connectivity index (χ2n) is 15.1. The molecule has 0 saturated heterocycles. The molecule has 4 aromatic rings. The van der Waals surface area contributed by atoms with Crippen molar-refractivity contribution in [2.45, 2.75) is 42.9 Å². The van der Waals surface area contributed by atoms with E-state index < -0.39 is 53.8 Å². The van der Waals surface area contributed by atoms with Crippen molar-refractivity contribution in [2.75, 3.05) is 59.5 Å². The number of aliphatic carboxylic acids is 1. The van der Waals surface area contributed by atoms with Crippen molar-refractivity contribution in [1.82, 2.24) is 10.2 Å². The quantitative estimate of drug-likeness (QED) is 0.152. The summed E-state index contributed by atoms with van der Waals surface area (Å²) >= 11 is 0. The number of benzene rings is 4. The lowest BCUT2D eigenvalue weighted by Crippen LogP contribution is -2.53. The van der Waals surface area contributed by atoms with Crippen LogP contribution in [0.4, 0.5) is 13.2 Å². The molecule has 0 amide bonds. The van der Waals surface area contributed by atoms with Gasteiger partial charge < -0.3 is 19.9 Å². The number of ether oxygens (including phenoxy) is 2. The smallest absolute Gasteiger partial charge is 0.475 e. The van der Waals surface area contributed by atoms with Crippen molar-refractivity contribution < 1.29 is 59.0 Å². The summed E-state index contributed by atoms with van der Waals surface area (Å²) in [6.07, 6.45) is 3.33. The molecule has 0 bridgehead atoms. The van der Waals surface area contributed by atoms with Crippen LogP contribution >= 0.6 is 0 Å². The standard InChI is InChI=1S/C23H27NO4S.C17H17N.C5H10O4S.C2HF3O2/c1-23(22(25)28-2,29(3,26)27)17-24-15-13-21(14-16-24)20-11-9-19(10-12-20)18-7-5-4-6-8-18;1-2-4-14(5-3-1)15-6-8-16(9-7-15)17-10-12-18-13-11-17;1-4(5(6)9-2)10(3,7)8;3-2(4,5)1(6)7/h4-13H,14-17H2,1-3H3;1-10,18H,11-13H2;4H,1-3H3;(H,6,7). The van der Waals surface area contributed by atoms with Gasteiger partial charge in [-0.05, 0) is 77.8 Å². The van der Waals surface area contributed by atoms with E-state index in [9.17, 15) is 39.6 Å². The Morgan fingerprint density at radius 2 is 1.12 bits per heavy atom. The summed E-state index contributed by atoms with van der Waals surface area (Å²) in [6, 6.07) is 38.2. The predicted octanol–water partition coefficient (Wildman–Crippen LogP) is 7.38. The zero-order valence-corrected chi connectivity index (χ0v) is 38.2. The van der Waals surface area contributed by atoms with Gasteiger partial charge in [-0.25, -0.2) is 21.6 Å². The first-order chi connectivity index (χ1) is 30.0. The van der Waals surface area contributed by atoms with Gasteiger partial charge in [0.25, 0.3) is 0 Å². The molecule has 2 aliphatic rings. The Kier molecular flexibility index (Phi) is 19.7. The normalized spacial score (nSPS) is 15.6. The van der Waals surface area contributed by atoms with E-state index in [4.69, 9.17) is 14.6 Å². The zero-order valence-electron chi connectivity index (χ0n) is 36.6. The van der Waals surface area contributed by atoms with Crippen LogP contribution in [-0.2, 0) is 43.5 Å². The Morgan fingerprint density at radius 1 is 0.703 bits per heavy atom. The van der Waals surface area contributed by atoms with Gasteiger partial charge >= 0.3 is 24.1 Å². The first-order valence-corrected chi connectivity index (χ1v) is 23.8. The largest absolute Gasteiger partial charge is 0.490 e. The Balaban J connectivity index is 0.000000263. The fraction of sp³-hybridized carbons (Fsp3) is 0.340. The molecule has 4 aromatic carbocycles. The van der Waals surface area contributed by atoms with Crippen LogP contribution in [0.1, 0.15) is 37.8 Å². The molecule has 6 rings (SSSR count). The molecular weight excluding hydrogens is 874 g/mol. The summed E-state index contributed by atoms with van der Waals surface area (Å²) in [4.78, 5) is 33.6. The molecule has 17 heteroatoms. The number of carbonyl (C=O) groups excluding carboxylic acids is 2. The Morgan fingerprint density at radius 3 is 1.44 bits per heavy atom. The lowest BCUT2D eigenvalue weighted by molar-refractivity contribution is -0.192. The number of rotatable bonds is 10. The van der Waals surface area contributed by atoms with E-state index in [1.54, 1.807) is 0 Å². The molecular formula is C47H55F3N2O10S2. The third-order valence-electron chi connectivity index (χ3n) is 10.5. The van der Waals surface area contributed by atoms with Crippen molar-refractivity contribution in [1.29, 1.82) is 0 Å². The highest BCUT2D eigenvalue weighted by molar-refractivity contribution is 7.93. The lowest BCUT2D eigenvalue weighted by Gasteiger charge is -2.33. The molecule has 0 fully saturated rings. The molecule has 0 radical (unpaired) electrons. The SMILES string of the molecule is C1=C(c2ccc(-c3ccccc3)cc2)CCNC1.COC(=O)C(C)(CN1CC=C(c2ccc(-c3ccccc3)cc2)CC1)S(C)(=O)=O.COC(=O)C(C)S(C)(=O)=O.O=C(O)C(F)(F)F. The van der Waals surface area contributed by atoms with Gasteiger partial charge in [0, 0.05) is 38.7 Å². The average Bonchev–Trinajstić information content (AvgIpc) is 3.29. The van der Waals surface area contributed by atoms with E-state index in [-0.39, 0.29) is 6.54 Å². The van der Waals surface area contributed by atoms with Gasteiger partial charge in [-0.3, -0.25) is 14.5 Å². The number of esters is 2. The minimum Gasteiger partial charge on any atom is -0.475 e.